The Morgan fingerprint density at radius 2 is 2.00 bits per heavy atom. The molecule has 0 aromatic carbocycles. The molecule has 1 amide bonds. The summed E-state index contributed by atoms with van der Waals surface area (Å²) in [5, 5.41) is 3.03. The highest BCUT2D eigenvalue weighted by Crippen LogP contribution is 2.44. The highest BCUT2D eigenvalue weighted by molar-refractivity contribution is 5.88. The standard InChI is InChI=1S/C17H22N2O3/c1-12(13-5-9-18-10-6-13)19-16(21)14-11-15(20)22-17(14)7-3-2-4-8-17/h5-6,9-10,12,14H,2-4,7-8,11H2,1H3,(H,19,21)/t12-,14-/m1/s1. The lowest BCUT2D eigenvalue weighted by molar-refractivity contribution is -0.153. The van der Waals surface area contributed by atoms with Crippen molar-refractivity contribution in [1.82, 2.24) is 10.3 Å². The molecule has 118 valence electrons. The molecule has 2 atom stereocenters. The minimum Gasteiger partial charge on any atom is -0.458 e. The summed E-state index contributed by atoms with van der Waals surface area (Å²) in [6.45, 7) is 1.94. The second-order valence-electron chi connectivity index (χ2n) is 6.37. The van der Waals surface area contributed by atoms with Gasteiger partial charge in [0.2, 0.25) is 5.91 Å². The summed E-state index contributed by atoms with van der Waals surface area (Å²) in [5.41, 5.74) is 0.448. The minimum atomic E-state index is -0.558. The first kappa shape index (κ1) is 15.0. The van der Waals surface area contributed by atoms with Crippen molar-refractivity contribution in [2.45, 2.75) is 57.1 Å². The van der Waals surface area contributed by atoms with Gasteiger partial charge in [-0.15, -0.1) is 0 Å². The van der Waals surface area contributed by atoms with Crippen LogP contribution in [0.4, 0.5) is 0 Å². The third-order valence-corrected chi connectivity index (χ3v) is 4.90. The maximum Gasteiger partial charge on any atom is 0.307 e. The summed E-state index contributed by atoms with van der Waals surface area (Å²) in [5.74, 6) is -0.666. The smallest absolute Gasteiger partial charge is 0.307 e. The number of nitrogens with one attached hydrogen (secondary N) is 1. The largest absolute Gasteiger partial charge is 0.458 e. The second-order valence-corrected chi connectivity index (χ2v) is 6.37. The third-order valence-electron chi connectivity index (χ3n) is 4.90. The van der Waals surface area contributed by atoms with Gasteiger partial charge < -0.3 is 10.1 Å². The van der Waals surface area contributed by atoms with E-state index in [1.165, 1.54) is 0 Å². The minimum absolute atomic E-state index is 0.0722. The zero-order valence-corrected chi connectivity index (χ0v) is 12.9. The SMILES string of the molecule is C[C@@H](NC(=O)[C@H]1CC(=O)OC12CCCCC2)c1ccncc1. The average molecular weight is 302 g/mol. The second kappa shape index (κ2) is 6.07. The summed E-state index contributed by atoms with van der Waals surface area (Å²) < 4.78 is 5.60. The Bertz CT molecular complexity index is 552. The lowest BCUT2D eigenvalue weighted by Crippen LogP contribution is -2.46. The number of nitrogens with zero attached hydrogens (tertiary/aromatic N) is 1. The Morgan fingerprint density at radius 1 is 1.32 bits per heavy atom. The highest BCUT2D eigenvalue weighted by atomic mass is 16.6. The monoisotopic (exact) mass is 302 g/mol. The van der Waals surface area contributed by atoms with Crippen LogP contribution in [0.1, 0.15) is 57.1 Å². The van der Waals surface area contributed by atoms with Crippen LogP contribution in [0.3, 0.4) is 0 Å². The molecule has 2 aliphatic rings. The number of hydrogen-bond acceptors (Lipinski definition) is 4. The quantitative estimate of drug-likeness (QED) is 0.871. The fraction of sp³-hybridized carbons (Fsp3) is 0.588. The van der Waals surface area contributed by atoms with Crippen LogP contribution in [0, 0.1) is 5.92 Å². The molecule has 1 spiro atoms. The summed E-state index contributed by atoms with van der Waals surface area (Å²) in [6, 6.07) is 3.67. The van der Waals surface area contributed by atoms with Gasteiger partial charge >= 0.3 is 5.97 Å². The number of rotatable bonds is 3. The predicted octanol–water partition coefficient (Wildman–Crippen LogP) is 2.52. The summed E-state index contributed by atoms with van der Waals surface area (Å²) >= 11 is 0. The molecule has 1 aromatic rings. The number of hydrogen-bond donors (Lipinski definition) is 1. The Morgan fingerprint density at radius 3 is 2.68 bits per heavy atom. The Balaban J connectivity index is 1.72. The molecule has 1 N–H and O–H groups in total. The Kier molecular flexibility index (Phi) is 4.14. The first-order valence-corrected chi connectivity index (χ1v) is 8.03. The molecule has 5 nitrogen and oxygen atoms in total. The Hall–Kier alpha value is -1.91. The van der Waals surface area contributed by atoms with Crippen molar-refractivity contribution in [3.8, 4) is 0 Å². The van der Waals surface area contributed by atoms with Crippen LogP contribution in [-0.4, -0.2) is 22.5 Å². The normalized spacial score (nSPS) is 24.8. The lowest BCUT2D eigenvalue weighted by Gasteiger charge is -2.36. The summed E-state index contributed by atoms with van der Waals surface area (Å²) in [7, 11) is 0. The molecule has 0 unspecified atom stereocenters. The van der Waals surface area contributed by atoms with Gasteiger partial charge in [0.15, 0.2) is 0 Å². The maximum atomic E-state index is 12.7. The lowest BCUT2D eigenvalue weighted by atomic mass is 9.75. The summed E-state index contributed by atoms with van der Waals surface area (Å²) in [4.78, 5) is 28.5. The molecule has 0 radical (unpaired) electrons. The van der Waals surface area contributed by atoms with Crippen LogP contribution >= 0.6 is 0 Å². The topological polar surface area (TPSA) is 68.3 Å². The van der Waals surface area contributed by atoms with Crippen LogP contribution in [0.2, 0.25) is 0 Å². The first-order chi connectivity index (χ1) is 10.6. The molecule has 2 heterocycles. The highest BCUT2D eigenvalue weighted by Gasteiger charge is 2.52. The van der Waals surface area contributed by atoms with Gasteiger partial charge in [-0.25, -0.2) is 0 Å². The zero-order valence-electron chi connectivity index (χ0n) is 12.9. The van der Waals surface area contributed by atoms with Gasteiger partial charge in [-0.1, -0.05) is 6.42 Å². The number of ether oxygens (including phenoxy) is 1. The number of esters is 1. The van der Waals surface area contributed by atoms with Gasteiger partial charge in [0, 0.05) is 12.4 Å². The number of amides is 1. The van der Waals surface area contributed by atoms with Crippen molar-refractivity contribution >= 4 is 11.9 Å². The van der Waals surface area contributed by atoms with Crippen molar-refractivity contribution < 1.29 is 14.3 Å². The maximum absolute atomic E-state index is 12.7. The van der Waals surface area contributed by atoms with Gasteiger partial charge in [0.05, 0.1) is 18.4 Å². The van der Waals surface area contributed by atoms with Gasteiger partial charge in [0.25, 0.3) is 0 Å². The number of carbonyl (C=O) groups is 2. The van der Waals surface area contributed by atoms with Crippen LogP contribution < -0.4 is 5.32 Å². The molecule has 1 aliphatic heterocycles. The molecule has 2 fully saturated rings. The van der Waals surface area contributed by atoms with Crippen molar-refractivity contribution in [3.05, 3.63) is 30.1 Å². The van der Waals surface area contributed by atoms with E-state index >= 15 is 0 Å². The number of pyridine rings is 1. The zero-order chi connectivity index (χ0) is 15.6. The van der Waals surface area contributed by atoms with Crippen molar-refractivity contribution in [1.29, 1.82) is 0 Å². The fourth-order valence-corrected chi connectivity index (χ4v) is 3.67. The van der Waals surface area contributed by atoms with Crippen molar-refractivity contribution in [2.75, 3.05) is 0 Å². The van der Waals surface area contributed by atoms with E-state index in [0.717, 1.165) is 37.7 Å². The van der Waals surface area contributed by atoms with E-state index in [9.17, 15) is 9.59 Å². The van der Waals surface area contributed by atoms with Crippen molar-refractivity contribution in [3.63, 3.8) is 0 Å². The molecule has 1 saturated carbocycles. The van der Waals surface area contributed by atoms with E-state index in [-0.39, 0.29) is 30.3 Å². The van der Waals surface area contributed by atoms with Gasteiger partial charge in [-0.3, -0.25) is 14.6 Å². The molecule has 3 rings (SSSR count). The molecule has 1 aliphatic carbocycles. The van der Waals surface area contributed by atoms with Gasteiger partial charge in [-0.05, 0) is 50.3 Å². The molecule has 5 heteroatoms. The van der Waals surface area contributed by atoms with Crippen LogP contribution in [-0.2, 0) is 14.3 Å². The van der Waals surface area contributed by atoms with Crippen molar-refractivity contribution in [2.24, 2.45) is 5.92 Å². The van der Waals surface area contributed by atoms with E-state index in [0.29, 0.717) is 0 Å². The molecular weight excluding hydrogens is 280 g/mol. The molecule has 1 saturated heterocycles. The fourth-order valence-electron chi connectivity index (χ4n) is 3.67. The number of carbonyl (C=O) groups excluding carboxylic acids is 2. The number of aromatic nitrogens is 1. The van der Waals surface area contributed by atoms with E-state index in [2.05, 4.69) is 10.3 Å². The van der Waals surface area contributed by atoms with E-state index in [1.54, 1.807) is 12.4 Å². The first-order valence-electron chi connectivity index (χ1n) is 8.03. The molecule has 0 bridgehead atoms. The van der Waals surface area contributed by atoms with Crippen LogP contribution in [0.15, 0.2) is 24.5 Å². The van der Waals surface area contributed by atoms with E-state index in [4.69, 9.17) is 4.74 Å². The predicted molar refractivity (Wildman–Crippen MR) is 80.8 cm³/mol. The van der Waals surface area contributed by atoms with Crippen LogP contribution in [0.25, 0.3) is 0 Å². The van der Waals surface area contributed by atoms with Crippen LogP contribution in [0.5, 0.6) is 0 Å². The van der Waals surface area contributed by atoms with Gasteiger partial charge in [-0.2, -0.15) is 0 Å². The molecule has 22 heavy (non-hydrogen) atoms. The third kappa shape index (κ3) is 2.85. The van der Waals surface area contributed by atoms with Gasteiger partial charge in [0.1, 0.15) is 5.60 Å². The summed E-state index contributed by atoms with van der Waals surface area (Å²) in [6.07, 6.45) is 8.44. The van der Waals surface area contributed by atoms with E-state index in [1.807, 2.05) is 19.1 Å². The van der Waals surface area contributed by atoms with E-state index < -0.39 is 5.60 Å². The molecular formula is C17H22N2O3. The average Bonchev–Trinajstić information content (AvgIpc) is 2.84. The Labute approximate surface area is 130 Å². The molecule has 1 aromatic heterocycles.